The lowest BCUT2D eigenvalue weighted by Gasteiger charge is -2.13. The van der Waals surface area contributed by atoms with E-state index in [1.54, 1.807) is 0 Å². The summed E-state index contributed by atoms with van der Waals surface area (Å²) in [5.41, 5.74) is 10.2. The molecule has 0 amide bonds. The molecule has 0 fully saturated rings. The summed E-state index contributed by atoms with van der Waals surface area (Å²) in [5.74, 6) is 0. The quantitative estimate of drug-likeness (QED) is 0.427. The van der Waals surface area contributed by atoms with Crippen molar-refractivity contribution in [1.82, 2.24) is 4.98 Å². The van der Waals surface area contributed by atoms with Gasteiger partial charge in [0, 0.05) is 30.9 Å². The third-order valence-corrected chi connectivity index (χ3v) is 5.60. The van der Waals surface area contributed by atoms with Crippen LogP contribution in [0, 0.1) is 27.7 Å². The van der Waals surface area contributed by atoms with Crippen molar-refractivity contribution in [2.75, 3.05) is 0 Å². The molecule has 134 valence electrons. The van der Waals surface area contributed by atoms with Gasteiger partial charge in [0.25, 0.3) is 0 Å². The Balaban J connectivity index is 2.03. The highest BCUT2D eigenvalue weighted by atomic mass is 14.9. The molecule has 2 heteroatoms. The highest BCUT2D eigenvalue weighted by Gasteiger charge is 2.21. The van der Waals surface area contributed by atoms with E-state index in [-0.39, 0.29) is 0 Å². The minimum Gasteiger partial charge on any atom is -0.264 e. The summed E-state index contributed by atoms with van der Waals surface area (Å²) in [6.45, 7) is 8.78. The third kappa shape index (κ3) is 3.02. The van der Waals surface area contributed by atoms with Gasteiger partial charge >= 0.3 is 0 Å². The highest BCUT2D eigenvalue weighted by Crippen LogP contribution is 2.33. The first-order valence-electron chi connectivity index (χ1n) is 9.37. The van der Waals surface area contributed by atoms with Gasteiger partial charge in [0.15, 0.2) is 5.69 Å². The van der Waals surface area contributed by atoms with Crippen molar-refractivity contribution >= 4 is 10.8 Å². The number of aromatic nitrogens is 2. The molecule has 4 aromatic rings. The predicted octanol–water partition coefficient (Wildman–Crippen LogP) is 5.63. The molecule has 0 saturated carbocycles. The third-order valence-electron chi connectivity index (χ3n) is 5.60. The summed E-state index contributed by atoms with van der Waals surface area (Å²) in [6, 6.07) is 17.7. The number of nitrogens with zero attached hydrogens (tertiary/aromatic N) is 2. The molecule has 4 rings (SSSR count). The second-order valence-corrected chi connectivity index (χ2v) is 7.49. The Labute approximate surface area is 161 Å². The summed E-state index contributed by atoms with van der Waals surface area (Å²) >= 11 is 0. The van der Waals surface area contributed by atoms with E-state index in [9.17, 15) is 0 Å². The molecule has 0 N–H and O–H groups in total. The van der Waals surface area contributed by atoms with Crippen molar-refractivity contribution in [3.8, 4) is 22.4 Å². The minimum absolute atomic E-state index is 1.15. The van der Waals surface area contributed by atoms with Crippen molar-refractivity contribution in [2.45, 2.75) is 27.7 Å². The second-order valence-electron chi connectivity index (χ2n) is 7.49. The van der Waals surface area contributed by atoms with Crippen molar-refractivity contribution in [1.29, 1.82) is 0 Å². The fourth-order valence-electron chi connectivity index (χ4n) is 3.90. The van der Waals surface area contributed by atoms with Gasteiger partial charge in [-0.3, -0.25) is 4.98 Å². The molecule has 0 bridgehead atoms. The molecule has 0 aliphatic carbocycles. The first-order valence-corrected chi connectivity index (χ1v) is 9.37. The van der Waals surface area contributed by atoms with Gasteiger partial charge in [0.2, 0.25) is 5.69 Å². The van der Waals surface area contributed by atoms with Crippen LogP contribution in [-0.2, 0) is 7.05 Å². The standard InChI is InChI=1S/C25H25N2/c1-16-11-17(2)19(4)24(12-16)25-23-9-8-20(21-7-6-10-26-15-21)14-22(23)13-18(3)27(25)5/h6-15H,1-5H3/q+1. The molecule has 0 unspecified atom stereocenters. The normalized spacial score (nSPS) is 11.1. The van der Waals surface area contributed by atoms with Gasteiger partial charge in [-0.05, 0) is 67.1 Å². The summed E-state index contributed by atoms with van der Waals surface area (Å²) in [4.78, 5) is 4.26. The van der Waals surface area contributed by atoms with E-state index in [0.717, 1.165) is 5.56 Å². The van der Waals surface area contributed by atoms with Gasteiger partial charge in [0.05, 0.1) is 10.9 Å². The molecule has 0 radical (unpaired) electrons. The Morgan fingerprint density at radius 2 is 1.67 bits per heavy atom. The Hall–Kier alpha value is -3.00. The molecular weight excluding hydrogens is 328 g/mol. The maximum Gasteiger partial charge on any atom is 0.220 e. The Morgan fingerprint density at radius 1 is 0.852 bits per heavy atom. The monoisotopic (exact) mass is 353 g/mol. The van der Waals surface area contributed by atoms with E-state index >= 15 is 0 Å². The number of fused-ring (bicyclic) bond motifs is 1. The molecule has 0 aliphatic heterocycles. The molecule has 0 aliphatic rings. The van der Waals surface area contributed by atoms with Crippen LogP contribution in [0.15, 0.2) is 60.9 Å². The molecule has 0 atom stereocenters. The highest BCUT2D eigenvalue weighted by molar-refractivity contribution is 5.96. The zero-order valence-corrected chi connectivity index (χ0v) is 16.7. The van der Waals surface area contributed by atoms with Gasteiger partial charge in [-0.2, -0.15) is 4.57 Å². The zero-order valence-electron chi connectivity index (χ0n) is 16.7. The maximum absolute atomic E-state index is 4.26. The van der Waals surface area contributed by atoms with Crippen LogP contribution >= 0.6 is 0 Å². The molecule has 2 heterocycles. The van der Waals surface area contributed by atoms with Crippen molar-refractivity contribution in [3.63, 3.8) is 0 Å². The topological polar surface area (TPSA) is 16.8 Å². The van der Waals surface area contributed by atoms with Crippen molar-refractivity contribution < 1.29 is 4.57 Å². The fourth-order valence-corrected chi connectivity index (χ4v) is 3.90. The smallest absolute Gasteiger partial charge is 0.220 e. The fraction of sp³-hybridized carbons (Fsp3) is 0.200. The van der Waals surface area contributed by atoms with Crippen molar-refractivity contribution in [2.24, 2.45) is 7.05 Å². The molecule has 2 nitrogen and oxygen atoms in total. The number of pyridine rings is 2. The van der Waals surface area contributed by atoms with Gasteiger partial charge < -0.3 is 0 Å². The number of hydrogen-bond donors (Lipinski definition) is 0. The van der Waals surface area contributed by atoms with Crippen LogP contribution in [0.1, 0.15) is 22.4 Å². The summed E-state index contributed by atoms with van der Waals surface area (Å²) in [7, 11) is 2.16. The van der Waals surface area contributed by atoms with Gasteiger partial charge in [-0.15, -0.1) is 0 Å². The average Bonchev–Trinajstić information content (AvgIpc) is 2.66. The largest absolute Gasteiger partial charge is 0.264 e. The number of benzene rings is 2. The number of aryl methyl sites for hydroxylation is 3. The molecule has 0 saturated heterocycles. The Kier molecular flexibility index (Phi) is 4.27. The van der Waals surface area contributed by atoms with Crippen LogP contribution in [0.3, 0.4) is 0 Å². The van der Waals surface area contributed by atoms with E-state index in [0.29, 0.717) is 0 Å². The van der Waals surface area contributed by atoms with Crippen LogP contribution in [0.4, 0.5) is 0 Å². The van der Waals surface area contributed by atoms with Gasteiger partial charge in [0.1, 0.15) is 7.05 Å². The van der Waals surface area contributed by atoms with Crippen LogP contribution in [0.2, 0.25) is 0 Å². The predicted molar refractivity (Wildman–Crippen MR) is 113 cm³/mol. The summed E-state index contributed by atoms with van der Waals surface area (Å²) in [6.07, 6.45) is 3.74. The first kappa shape index (κ1) is 17.4. The van der Waals surface area contributed by atoms with Gasteiger partial charge in [-0.25, -0.2) is 0 Å². The van der Waals surface area contributed by atoms with Crippen LogP contribution in [0.25, 0.3) is 33.2 Å². The van der Waals surface area contributed by atoms with E-state index in [2.05, 4.69) is 86.8 Å². The lowest BCUT2D eigenvalue weighted by Crippen LogP contribution is -2.35. The Morgan fingerprint density at radius 3 is 2.41 bits per heavy atom. The number of rotatable bonds is 2. The minimum atomic E-state index is 1.15. The number of hydrogen-bond acceptors (Lipinski definition) is 1. The molecular formula is C25H25N2+. The summed E-state index contributed by atoms with van der Waals surface area (Å²) < 4.78 is 2.31. The molecule has 0 spiro atoms. The zero-order chi connectivity index (χ0) is 19.1. The van der Waals surface area contributed by atoms with E-state index in [1.807, 2.05) is 18.5 Å². The SMILES string of the molecule is Cc1cc(C)c(C)c(-c2c3ccc(-c4cccnc4)cc3cc(C)[n+]2C)c1. The lowest BCUT2D eigenvalue weighted by molar-refractivity contribution is -0.665. The lowest BCUT2D eigenvalue weighted by atomic mass is 9.93. The van der Waals surface area contributed by atoms with E-state index in [4.69, 9.17) is 0 Å². The van der Waals surface area contributed by atoms with Crippen molar-refractivity contribution in [3.05, 3.63) is 83.3 Å². The van der Waals surface area contributed by atoms with Crippen LogP contribution in [-0.4, -0.2) is 4.98 Å². The van der Waals surface area contributed by atoms with E-state index in [1.165, 1.54) is 50.0 Å². The second kappa shape index (κ2) is 6.62. The molecule has 2 aromatic carbocycles. The average molecular weight is 353 g/mol. The first-order chi connectivity index (χ1) is 13.0. The van der Waals surface area contributed by atoms with Gasteiger partial charge in [-0.1, -0.05) is 23.8 Å². The summed E-state index contributed by atoms with van der Waals surface area (Å²) in [5, 5.41) is 2.55. The Bertz CT molecular complexity index is 1160. The maximum atomic E-state index is 4.26. The van der Waals surface area contributed by atoms with E-state index < -0.39 is 0 Å². The molecule has 2 aromatic heterocycles. The van der Waals surface area contributed by atoms with Crippen LogP contribution in [0.5, 0.6) is 0 Å². The molecule has 27 heavy (non-hydrogen) atoms. The van der Waals surface area contributed by atoms with Crippen LogP contribution < -0.4 is 4.57 Å².